The molecular formula is C11H17ClN2O4S. The molecule has 1 rings (SSSR count). The fourth-order valence-corrected chi connectivity index (χ4v) is 2.32. The first kappa shape index (κ1) is 17.7. The summed E-state index contributed by atoms with van der Waals surface area (Å²) in [6.07, 6.45) is 0. The lowest BCUT2D eigenvalue weighted by atomic mass is 10.3. The van der Waals surface area contributed by atoms with Gasteiger partial charge in [0.1, 0.15) is 5.75 Å². The largest absolute Gasteiger partial charge is 0.397 e. The van der Waals surface area contributed by atoms with Gasteiger partial charge in [-0.2, -0.15) is 0 Å². The van der Waals surface area contributed by atoms with Crippen LogP contribution in [0, 0.1) is 0 Å². The molecule has 6 nitrogen and oxygen atoms in total. The molecule has 19 heavy (non-hydrogen) atoms. The maximum atomic E-state index is 11.6. The Kier molecular flexibility index (Phi) is 7.43. The molecule has 0 atom stereocenters. The highest BCUT2D eigenvalue weighted by Gasteiger charge is 2.16. The van der Waals surface area contributed by atoms with Crippen LogP contribution < -0.4 is 11.1 Å². The van der Waals surface area contributed by atoms with E-state index in [2.05, 4.69) is 10.1 Å². The highest BCUT2D eigenvalue weighted by molar-refractivity contribution is 7.92. The molecule has 0 aliphatic carbocycles. The summed E-state index contributed by atoms with van der Waals surface area (Å²) in [7, 11) is -2.05. The normalized spacial score (nSPS) is 10.6. The Morgan fingerprint density at radius 2 is 2.00 bits per heavy atom. The Morgan fingerprint density at radius 3 is 2.58 bits per heavy atom. The zero-order valence-electron chi connectivity index (χ0n) is 10.5. The number of hydrogen-bond donors (Lipinski definition) is 2. The van der Waals surface area contributed by atoms with Crippen molar-refractivity contribution >= 4 is 39.5 Å². The first-order valence-corrected chi connectivity index (χ1v) is 7.10. The Balaban J connectivity index is 0.00000324. The summed E-state index contributed by atoms with van der Waals surface area (Å²) < 4.78 is 27.7. The SMILES string of the molecule is COCCS(=O)(=O)CC(=O)Nc1ccccc1N.Cl. The summed E-state index contributed by atoms with van der Waals surface area (Å²) in [5.74, 6) is -1.37. The molecule has 0 unspecified atom stereocenters. The third kappa shape index (κ3) is 6.42. The van der Waals surface area contributed by atoms with Crippen LogP contribution in [0.2, 0.25) is 0 Å². The zero-order chi connectivity index (χ0) is 13.6. The molecule has 0 saturated carbocycles. The van der Waals surface area contributed by atoms with E-state index in [1.807, 2.05) is 0 Å². The van der Waals surface area contributed by atoms with E-state index in [0.29, 0.717) is 11.4 Å². The van der Waals surface area contributed by atoms with Crippen molar-refractivity contribution in [2.45, 2.75) is 0 Å². The van der Waals surface area contributed by atoms with Gasteiger partial charge in [0.2, 0.25) is 5.91 Å². The number of amides is 1. The lowest BCUT2D eigenvalue weighted by molar-refractivity contribution is -0.113. The molecule has 0 spiro atoms. The number of benzene rings is 1. The number of nitrogens with one attached hydrogen (secondary N) is 1. The summed E-state index contributed by atoms with van der Waals surface area (Å²) in [4.78, 5) is 11.6. The highest BCUT2D eigenvalue weighted by atomic mass is 35.5. The molecule has 1 aromatic carbocycles. The van der Waals surface area contributed by atoms with Crippen molar-refractivity contribution in [3.63, 3.8) is 0 Å². The van der Waals surface area contributed by atoms with Crippen LogP contribution >= 0.6 is 12.4 Å². The fraction of sp³-hybridized carbons (Fsp3) is 0.364. The number of halogens is 1. The standard InChI is InChI=1S/C11H16N2O4S.ClH/c1-17-6-7-18(15,16)8-11(14)13-10-5-3-2-4-9(10)12;/h2-5H,6-8,12H2,1H3,(H,13,14);1H. The van der Waals surface area contributed by atoms with E-state index in [1.165, 1.54) is 7.11 Å². The van der Waals surface area contributed by atoms with Crippen LogP contribution in [-0.2, 0) is 19.4 Å². The number of carbonyl (C=O) groups excluding carboxylic acids is 1. The number of hydrogen-bond acceptors (Lipinski definition) is 5. The van der Waals surface area contributed by atoms with Crippen molar-refractivity contribution in [3.8, 4) is 0 Å². The van der Waals surface area contributed by atoms with Crippen LogP contribution in [0.4, 0.5) is 11.4 Å². The summed E-state index contributed by atoms with van der Waals surface area (Å²) in [5.41, 5.74) is 6.42. The van der Waals surface area contributed by atoms with Crippen molar-refractivity contribution in [2.24, 2.45) is 0 Å². The van der Waals surface area contributed by atoms with E-state index in [-0.39, 0.29) is 24.8 Å². The second-order valence-corrected chi connectivity index (χ2v) is 5.90. The molecule has 0 aliphatic heterocycles. The van der Waals surface area contributed by atoms with E-state index in [4.69, 9.17) is 5.73 Å². The topological polar surface area (TPSA) is 98.5 Å². The minimum atomic E-state index is -3.45. The molecule has 108 valence electrons. The molecule has 0 fully saturated rings. The maximum Gasteiger partial charge on any atom is 0.239 e. The first-order chi connectivity index (χ1) is 8.44. The average Bonchev–Trinajstić information content (AvgIpc) is 2.29. The van der Waals surface area contributed by atoms with Crippen LogP contribution in [0.25, 0.3) is 0 Å². The summed E-state index contributed by atoms with van der Waals surface area (Å²) >= 11 is 0. The van der Waals surface area contributed by atoms with Crippen molar-refractivity contribution < 1.29 is 17.9 Å². The minimum absolute atomic E-state index is 0. The summed E-state index contributed by atoms with van der Waals surface area (Å²) in [6, 6.07) is 6.65. The van der Waals surface area contributed by atoms with E-state index < -0.39 is 21.5 Å². The van der Waals surface area contributed by atoms with Crippen LogP contribution in [0.3, 0.4) is 0 Å². The molecule has 0 saturated heterocycles. The van der Waals surface area contributed by atoms with Gasteiger partial charge < -0.3 is 15.8 Å². The smallest absolute Gasteiger partial charge is 0.239 e. The molecule has 0 radical (unpaired) electrons. The van der Waals surface area contributed by atoms with Crippen molar-refractivity contribution in [2.75, 3.05) is 36.3 Å². The van der Waals surface area contributed by atoms with Gasteiger partial charge in [-0.05, 0) is 12.1 Å². The van der Waals surface area contributed by atoms with Gasteiger partial charge in [0.05, 0.1) is 23.7 Å². The van der Waals surface area contributed by atoms with Crippen molar-refractivity contribution in [1.29, 1.82) is 0 Å². The number of para-hydroxylation sites is 2. The number of carbonyl (C=O) groups is 1. The van der Waals surface area contributed by atoms with Gasteiger partial charge in [0.15, 0.2) is 9.84 Å². The number of rotatable bonds is 6. The van der Waals surface area contributed by atoms with Gasteiger partial charge in [0.25, 0.3) is 0 Å². The van der Waals surface area contributed by atoms with Crippen LogP contribution in [0.1, 0.15) is 0 Å². The first-order valence-electron chi connectivity index (χ1n) is 5.28. The summed E-state index contributed by atoms with van der Waals surface area (Å²) in [5, 5.41) is 2.46. The lowest BCUT2D eigenvalue weighted by Gasteiger charge is -2.08. The van der Waals surface area contributed by atoms with Gasteiger partial charge in [-0.25, -0.2) is 8.42 Å². The van der Waals surface area contributed by atoms with Crippen LogP contribution in [-0.4, -0.2) is 39.5 Å². The van der Waals surface area contributed by atoms with Gasteiger partial charge in [-0.15, -0.1) is 12.4 Å². The van der Waals surface area contributed by atoms with Gasteiger partial charge in [-0.3, -0.25) is 4.79 Å². The molecular weight excluding hydrogens is 292 g/mol. The van der Waals surface area contributed by atoms with E-state index >= 15 is 0 Å². The number of sulfone groups is 1. The number of anilines is 2. The maximum absolute atomic E-state index is 11.6. The molecule has 1 aromatic rings. The molecule has 0 aromatic heterocycles. The number of nitrogens with two attached hydrogens (primary N) is 1. The van der Waals surface area contributed by atoms with Crippen LogP contribution in [0.5, 0.6) is 0 Å². The van der Waals surface area contributed by atoms with Gasteiger partial charge in [0, 0.05) is 7.11 Å². The lowest BCUT2D eigenvalue weighted by Crippen LogP contribution is -2.26. The second kappa shape index (κ2) is 7.98. The number of methoxy groups -OCH3 is 1. The third-order valence-corrected chi connectivity index (χ3v) is 3.68. The average molecular weight is 309 g/mol. The van der Waals surface area contributed by atoms with E-state index in [0.717, 1.165) is 0 Å². The predicted molar refractivity (Wildman–Crippen MR) is 77.3 cm³/mol. The Hall–Kier alpha value is -1.31. The quantitative estimate of drug-likeness (QED) is 0.753. The molecule has 3 N–H and O–H groups in total. The Bertz CT molecular complexity index is 519. The number of ether oxygens (including phenoxy) is 1. The summed E-state index contributed by atoms with van der Waals surface area (Å²) in [6.45, 7) is 0.0725. The fourth-order valence-electron chi connectivity index (χ4n) is 1.28. The van der Waals surface area contributed by atoms with Crippen LogP contribution in [0.15, 0.2) is 24.3 Å². The monoisotopic (exact) mass is 308 g/mol. The van der Waals surface area contributed by atoms with Crippen molar-refractivity contribution in [1.82, 2.24) is 0 Å². The highest BCUT2D eigenvalue weighted by Crippen LogP contribution is 2.16. The minimum Gasteiger partial charge on any atom is -0.397 e. The molecule has 0 heterocycles. The predicted octanol–water partition coefficient (Wildman–Crippen LogP) is 0.690. The molecule has 0 aliphatic rings. The third-order valence-electron chi connectivity index (χ3n) is 2.18. The van der Waals surface area contributed by atoms with Gasteiger partial charge >= 0.3 is 0 Å². The van der Waals surface area contributed by atoms with E-state index in [9.17, 15) is 13.2 Å². The zero-order valence-corrected chi connectivity index (χ0v) is 12.1. The van der Waals surface area contributed by atoms with E-state index in [1.54, 1.807) is 24.3 Å². The Morgan fingerprint density at radius 1 is 1.37 bits per heavy atom. The molecule has 1 amide bonds. The van der Waals surface area contributed by atoms with Crippen molar-refractivity contribution in [3.05, 3.63) is 24.3 Å². The number of nitrogen functional groups attached to an aromatic ring is 1. The Labute approximate surface area is 118 Å². The second-order valence-electron chi connectivity index (χ2n) is 3.72. The molecule has 0 bridgehead atoms. The molecule has 8 heteroatoms. The van der Waals surface area contributed by atoms with Gasteiger partial charge in [-0.1, -0.05) is 12.1 Å².